The number of aromatic amines is 1. The number of rotatable bonds is 3. The average Bonchev–Trinajstić information content (AvgIpc) is 3.07. The standard InChI is InChI=1S/C16H18N6OS/c1-11(13-5-4-12-3-2-6-17-14(12)18-13)21-7-9-22(10-8-21)15-19-20-16(23)24-15/h2-6,11H,7-10H2,1H3,(H,20,23). The van der Waals surface area contributed by atoms with Crippen LogP contribution < -0.4 is 9.77 Å². The molecule has 3 aromatic rings. The average molecular weight is 342 g/mol. The van der Waals surface area contributed by atoms with E-state index in [0.717, 1.165) is 48.0 Å². The van der Waals surface area contributed by atoms with Crippen LogP contribution in [-0.4, -0.2) is 51.2 Å². The van der Waals surface area contributed by atoms with E-state index in [4.69, 9.17) is 4.98 Å². The van der Waals surface area contributed by atoms with Crippen LogP contribution in [0, 0.1) is 0 Å². The summed E-state index contributed by atoms with van der Waals surface area (Å²) in [6.07, 6.45) is 1.78. The van der Waals surface area contributed by atoms with Gasteiger partial charge in [0, 0.05) is 43.8 Å². The zero-order valence-corrected chi connectivity index (χ0v) is 14.2. The zero-order chi connectivity index (χ0) is 16.5. The molecule has 3 aromatic heterocycles. The van der Waals surface area contributed by atoms with Crippen LogP contribution >= 0.6 is 11.3 Å². The minimum atomic E-state index is -0.103. The molecular formula is C16H18N6OS. The molecule has 0 saturated carbocycles. The van der Waals surface area contributed by atoms with Crippen molar-refractivity contribution in [2.24, 2.45) is 0 Å². The van der Waals surface area contributed by atoms with Crippen LogP contribution in [0.4, 0.5) is 5.13 Å². The number of aromatic nitrogens is 4. The van der Waals surface area contributed by atoms with E-state index in [0.29, 0.717) is 0 Å². The van der Waals surface area contributed by atoms with Crippen molar-refractivity contribution in [1.82, 2.24) is 25.1 Å². The highest BCUT2D eigenvalue weighted by molar-refractivity contribution is 7.12. The van der Waals surface area contributed by atoms with Crippen LogP contribution in [0.3, 0.4) is 0 Å². The largest absolute Gasteiger partial charge is 0.344 e. The zero-order valence-electron chi connectivity index (χ0n) is 13.3. The van der Waals surface area contributed by atoms with Crippen molar-refractivity contribution in [2.45, 2.75) is 13.0 Å². The number of fused-ring (bicyclic) bond motifs is 1. The second-order valence-electron chi connectivity index (χ2n) is 5.88. The number of nitrogens with one attached hydrogen (secondary N) is 1. The van der Waals surface area contributed by atoms with Crippen LogP contribution in [0.1, 0.15) is 18.7 Å². The van der Waals surface area contributed by atoms with E-state index < -0.39 is 0 Å². The highest BCUT2D eigenvalue weighted by atomic mass is 32.1. The van der Waals surface area contributed by atoms with Gasteiger partial charge in [0.15, 0.2) is 5.65 Å². The van der Waals surface area contributed by atoms with Crippen LogP contribution in [0.5, 0.6) is 0 Å². The first-order chi connectivity index (χ1) is 11.7. The van der Waals surface area contributed by atoms with Gasteiger partial charge in [-0.1, -0.05) is 0 Å². The quantitative estimate of drug-likeness (QED) is 0.780. The fourth-order valence-corrected chi connectivity index (χ4v) is 3.71. The summed E-state index contributed by atoms with van der Waals surface area (Å²) < 4.78 is 0. The maximum absolute atomic E-state index is 11.2. The molecule has 1 atom stereocenters. The predicted octanol–water partition coefficient (Wildman–Crippen LogP) is 1.66. The number of anilines is 1. The molecule has 4 rings (SSSR count). The first-order valence-electron chi connectivity index (χ1n) is 7.97. The second-order valence-corrected chi connectivity index (χ2v) is 6.82. The summed E-state index contributed by atoms with van der Waals surface area (Å²) in [4.78, 5) is 24.8. The molecule has 8 heteroatoms. The molecule has 1 unspecified atom stereocenters. The number of pyridine rings is 2. The molecule has 0 radical (unpaired) electrons. The Hall–Kier alpha value is -2.32. The minimum Gasteiger partial charge on any atom is -0.344 e. The van der Waals surface area contributed by atoms with Crippen LogP contribution in [0.2, 0.25) is 0 Å². The lowest BCUT2D eigenvalue weighted by molar-refractivity contribution is 0.195. The number of nitrogens with zero attached hydrogens (tertiary/aromatic N) is 5. The number of piperazine rings is 1. The van der Waals surface area contributed by atoms with Gasteiger partial charge in [-0.25, -0.2) is 15.1 Å². The normalized spacial score (nSPS) is 17.3. The lowest BCUT2D eigenvalue weighted by Gasteiger charge is -2.37. The van der Waals surface area contributed by atoms with Crippen LogP contribution in [0.15, 0.2) is 35.3 Å². The van der Waals surface area contributed by atoms with Crippen molar-refractivity contribution >= 4 is 27.5 Å². The Morgan fingerprint density at radius 3 is 2.79 bits per heavy atom. The van der Waals surface area contributed by atoms with Crippen molar-refractivity contribution in [2.75, 3.05) is 31.1 Å². The van der Waals surface area contributed by atoms with Gasteiger partial charge in [0.05, 0.1) is 5.69 Å². The molecular weight excluding hydrogens is 324 g/mol. The first-order valence-corrected chi connectivity index (χ1v) is 8.78. The molecule has 7 nitrogen and oxygen atoms in total. The lowest BCUT2D eigenvalue weighted by Crippen LogP contribution is -2.47. The maximum Gasteiger partial charge on any atom is 0.324 e. The van der Waals surface area contributed by atoms with E-state index in [2.05, 4.69) is 44.0 Å². The third-order valence-electron chi connectivity index (χ3n) is 4.47. The molecule has 1 saturated heterocycles. The van der Waals surface area contributed by atoms with E-state index in [9.17, 15) is 4.79 Å². The van der Waals surface area contributed by atoms with E-state index in [1.807, 2.05) is 12.1 Å². The van der Waals surface area contributed by atoms with Crippen LogP contribution in [0.25, 0.3) is 11.0 Å². The molecule has 1 N–H and O–H groups in total. The Bertz CT molecular complexity index is 898. The molecule has 0 aromatic carbocycles. The summed E-state index contributed by atoms with van der Waals surface area (Å²) in [5.41, 5.74) is 1.83. The minimum absolute atomic E-state index is 0.103. The van der Waals surface area contributed by atoms with Gasteiger partial charge in [0.1, 0.15) is 0 Å². The monoisotopic (exact) mass is 342 g/mol. The van der Waals surface area contributed by atoms with Gasteiger partial charge in [-0.15, -0.1) is 5.10 Å². The number of H-pyrrole nitrogens is 1. The van der Waals surface area contributed by atoms with Gasteiger partial charge in [-0.3, -0.25) is 9.69 Å². The molecule has 1 aliphatic rings. The van der Waals surface area contributed by atoms with Crippen molar-refractivity contribution in [3.63, 3.8) is 0 Å². The summed E-state index contributed by atoms with van der Waals surface area (Å²) in [5.74, 6) is 0. The molecule has 0 aliphatic carbocycles. The third kappa shape index (κ3) is 2.90. The topological polar surface area (TPSA) is 78.0 Å². The van der Waals surface area contributed by atoms with Gasteiger partial charge in [-0.2, -0.15) is 0 Å². The molecule has 1 aliphatic heterocycles. The number of hydrogen-bond donors (Lipinski definition) is 1. The molecule has 124 valence electrons. The van der Waals surface area contributed by atoms with E-state index in [1.165, 1.54) is 11.3 Å². The van der Waals surface area contributed by atoms with Gasteiger partial charge >= 0.3 is 4.87 Å². The summed E-state index contributed by atoms with van der Waals surface area (Å²) in [6, 6.07) is 8.35. The third-order valence-corrected chi connectivity index (χ3v) is 5.28. The molecule has 0 bridgehead atoms. The van der Waals surface area contributed by atoms with E-state index in [1.54, 1.807) is 6.20 Å². The number of hydrogen-bond acceptors (Lipinski definition) is 7. The molecule has 1 fully saturated rings. The molecule has 4 heterocycles. The predicted molar refractivity (Wildman–Crippen MR) is 94.5 cm³/mol. The second kappa shape index (κ2) is 6.29. The van der Waals surface area contributed by atoms with Crippen molar-refractivity contribution < 1.29 is 0 Å². The summed E-state index contributed by atoms with van der Waals surface area (Å²) in [6.45, 7) is 5.72. The Morgan fingerprint density at radius 2 is 2.04 bits per heavy atom. The summed E-state index contributed by atoms with van der Waals surface area (Å²) in [5, 5.41) is 8.39. The molecule has 24 heavy (non-hydrogen) atoms. The van der Waals surface area contributed by atoms with E-state index in [-0.39, 0.29) is 10.9 Å². The molecule has 0 spiro atoms. The van der Waals surface area contributed by atoms with Crippen molar-refractivity contribution in [3.8, 4) is 0 Å². The summed E-state index contributed by atoms with van der Waals surface area (Å²) in [7, 11) is 0. The highest BCUT2D eigenvalue weighted by Gasteiger charge is 2.24. The smallest absolute Gasteiger partial charge is 0.324 e. The van der Waals surface area contributed by atoms with E-state index >= 15 is 0 Å². The summed E-state index contributed by atoms with van der Waals surface area (Å²) >= 11 is 1.17. The SMILES string of the molecule is CC(c1ccc2cccnc2n1)N1CCN(c2n[nH]c(=O)s2)CC1. The van der Waals surface area contributed by atoms with Gasteiger partial charge < -0.3 is 4.90 Å². The van der Waals surface area contributed by atoms with Crippen LogP contribution in [-0.2, 0) is 0 Å². The Kier molecular flexibility index (Phi) is 3.99. The van der Waals surface area contributed by atoms with Gasteiger partial charge in [0.2, 0.25) is 5.13 Å². The lowest BCUT2D eigenvalue weighted by atomic mass is 10.1. The Balaban J connectivity index is 1.47. The van der Waals surface area contributed by atoms with Crippen molar-refractivity contribution in [3.05, 3.63) is 45.8 Å². The Morgan fingerprint density at radius 1 is 1.21 bits per heavy atom. The Labute approximate surface area is 143 Å². The fourth-order valence-electron chi connectivity index (χ4n) is 3.05. The van der Waals surface area contributed by atoms with Gasteiger partial charge in [-0.05, 0) is 42.5 Å². The highest BCUT2D eigenvalue weighted by Crippen LogP contribution is 2.23. The fraction of sp³-hybridized carbons (Fsp3) is 0.375. The first kappa shape index (κ1) is 15.2. The van der Waals surface area contributed by atoms with Crippen molar-refractivity contribution in [1.29, 1.82) is 0 Å². The maximum atomic E-state index is 11.2. The molecule has 0 amide bonds. The van der Waals surface area contributed by atoms with Gasteiger partial charge in [0.25, 0.3) is 0 Å².